The van der Waals surface area contributed by atoms with Crippen LogP contribution in [0.25, 0.3) is 0 Å². The second kappa shape index (κ2) is 10.6. The molecule has 0 unspecified atom stereocenters. The van der Waals surface area contributed by atoms with E-state index in [0.717, 1.165) is 34.5 Å². The number of hydrogen-bond acceptors (Lipinski definition) is 6. The highest BCUT2D eigenvalue weighted by atomic mass is 32.2. The van der Waals surface area contributed by atoms with Gasteiger partial charge in [-0.25, -0.2) is 9.97 Å². The molecule has 0 aliphatic carbocycles. The zero-order chi connectivity index (χ0) is 20.6. The second-order valence-electron chi connectivity index (χ2n) is 7.43. The molecule has 1 N–H and O–H groups in total. The lowest BCUT2D eigenvalue weighted by molar-refractivity contribution is 0.0937. The number of aryl methyl sites for hydroxylation is 1. The number of carbonyl (C=O) groups is 1. The van der Waals surface area contributed by atoms with Gasteiger partial charge in [0, 0.05) is 49.3 Å². The minimum Gasteiger partial charge on any atom is -0.383 e. The van der Waals surface area contributed by atoms with Crippen LogP contribution >= 0.6 is 11.8 Å². The molecular weight excluding hydrogens is 384 g/mol. The van der Waals surface area contributed by atoms with E-state index in [1.165, 1.54) is 19.3 Å². The Morgan fingerprint density at radius 3 is 2.97 bits per heavy atom. The van der Waals surface area contributed by atoms with Crippen LogP contribution in [-0.2, 0) is 10.5 Å². The number of methoxy groups -OCH3 is 1. The Labute approximate surface area is 177 Å². The maximum Gasteiger partial charge on any atom is 0.251 e. The molecule has 0 spiro atoms. The largest absolute Gasteiger partial charge is 0.383 e. The highest BCUT2D eigenvalue weighted by molar-refractivity contribution is 7.98. The fraction of sp³-hybridized carbons (Fsp3) is 0.500. The standard InChI is InChI=1S/C22H30N4O2S/c1-16-13-20(26-11-5-4-7-17(26)2)25-22(24-16)29-15-18-8-6-9-19(14-18)21(27)23-10-12-28-3/h6,8-9,13-14,17H,4-5,7,10-12,15H2,1-3H3,(H,23,27)/t17-/m0/s1. The molecule has 0 bridgehead atoms. The molecule has 1 aromatic heterocycles. The highest BCUT2D eigenvalue weighted by Crippen LogP contribution is 2.27. The van der Waals surface area contributed by atoms with E-state index in [-0.39, 0.29) is 5.91 Å². The minimum absolute atomic E-state index is 0.0814. The van der Waals surface area contributed by atoms with Crippen LogP contribution in [0.3, 0.4) is 0 Å². The fourth-order valence-corrected chi connectivity index (χ4v) is 4.34. The number of rotatable bonds is 8. The van der Waals surface area contributed by atoms with Crippen molar-refractivity contribution in [1.82, 2.24) is 15.3 Å². The summed E-state index contributed by atoms with van der Waals surface area (Å²) in [4.78, 5) is 24.1. The zero-order valence-electron chi connectivity index (χ0n) is 17.5. The van der Waals surface area contributed by atoms with E-state index >= 15 is 0 Å². The van der Waals surface area contributed by atoms with Gasteiger partial charge in [-0.05, 0) is 50.8 Å². The van der Waals surface area contributed by atoms with Crippen LogP contribution in [0.1, 0.15) is 47.8 Å². The molecule has 1 aromatic carbocycles. The molecule has 29 heavy (non-hydrogen) atoms. The molecule has 0 radical (unpaired) electrons. The van der Waals surface area contributed by atoms with E-state index in [2.05, 4.69) is 28.2 Å². The number of nitrogens with one attached hydrogen (secondary N) is 1. The SMILES string of the molecule is COCCNC(=O)c1cccc(CSc2nc(C)cc(N3CCCC[C@@H]3C)n2)c1. The Kier molecular flexibility index (Phi) is 7.89. The van der Waals surface area contributed by atoms with E-state index in [9.17, 15) is 4.79 Å². The highest BCUT2D eigenvalue weighted by Gasteiger charge is 2.20. The van der Waals surface area contributed by atoms with E-state index in [1.54, 1.807) is 18.9 Å². The van der Waals surface area contributed by atoms with Gasteiger partial charge in [0.2, 0.25) is 0 Å². The third-order valence-corrected chi connectivity index (χ3v) is 5.98. The first-order valence-corrected chi connectivity index (χ1v) is 11.2. The zero-order valence-corrected chi connectivity index (χ0v) is 18.3. The molecule has 156 valence electrons. The van der Waals surface area contributed by atoms with E-state index in [1.807, 2.05) is 31.2 Å². The first-order valence-electron chi connectivity index (χ1n) is 10.2. The van der Waals surface area contributed by atoms with Crippen LogP contribution in [0.5, 0.6) is 0 Å². The number of aromatic nitrogens is 2. The van der Waals surface area contributed by atoms with Gasteiger partial charge >= 0.3 is 0 Å². The average Bonchev–Trinajstić information content (AvgIpc) is 2.72. The first-order chi connectivity index (χ1) is 14.1. The Hall–Kier alpha value is -2.12. The number of benzene rings is 1. The van der Waals surface area contributed by atoms with Crippen molar-refractivity contribution >= 4 is 23.5 Å². The lowest BCUT2D eigenvalue weighted by atomic mass is 10.0. The van der Waals surface area contributed by atoms with Gasteiger partial charge < -0.3 is 15.0 Å². The van der Waals surface area contributed by atoms with Crippen molar-refractivity contribution in [2.45, 2.75) is 50.1 Å². The van der Waals surface area contributed by atoms with Crippen LogP contribution in [0, 0.1) is 6.92 Å². The van der Waals surface area contributed by atoms with Gasteiger partial charge in [0.25, 0.3) is 5.91 Å². The van der Waals surface area contributed by atoms with Crippen molar-refractivity contribution < 1.29 is 9.53 Å². The van der Waals surface area contributed by atoms with E-state index in [4.69, 9.17) is 9.72 Å². The van der Waals surface area contributed by atoms with Gasteiger partial charge in [-0.3, -0.25) is 4.79 Å². The lowest BCUT2D eigenvalue weighted by Gasteiger charge is -2.34. The summed E-state index contributed by atoms with van der Waals surface area (Å²) in [7, 11) is 1.62. The molecule has 1 fully saturated rings. The third-order valence-electron chi connectivity index (χ3n) is 5.07. The quantitative estimate of drug-likeness (QED) is 0.402. The summed E-state index contributed by atoms with van der Waals surface area (Å²) in [6.07, 6.45) is 3.72. The Morgan fingerprint density at radius 1 is 1.31 bits per heavy atom. The van der Waals surface area contributed by atoms with Crippen LogP contribution < -0.4 is 10.2 Å². The summed E-state index contributed by atoms with van der Waals surface area (Å²) in [6, 6.07) is 10.3. The van der Waals surface area contributed by atoms with Crippen molar-refractivity contribution in [3.8, 4) is 0 Å². The van der Waals surface area contributed by atoms with Gasteiger partial charge in [0.05, 0.1) is 6.61 Å². The Bertz CT molecular complexity index is 830. The topological polar surface area (TPSA) is 67.3 Å². The molecule has 6 nitrogen and oxygen atoms in total. The average molecular weight is 415 g/mol. The summed E-state index contributed by atoms with van der Waals surface area (Å²) in [5.74, 6) is 1.66. The van der Waals surface area contributed by atoms with Gasteiger partial charge in [-0.15, -0.1) is 0 Å². The maximum absolute atomic E-state index is 12.2. The van der Waals surface area contributed by atoms with Gasteiger partial charge in [0.1, 0.15) is 5.82 Å². The number of nitrogens with zero attached hydrogens (tertiary/aromatic N) is 3. The molecule has 0 saturated carbocycles. The summed E-state index contributed by atoms with van der Waals surface area (Å²) in [5.41, 5.74) is 2.72. The predicted molar refractivity (Wildman–Crippen MR) is 118 cm³/mol. The molecule has 1 aliphatic heterocycles. The van der Waals surface area contributed by atoms with Crippen molar-refractivity contribution in [2.24, 2.45) is 0 Å². The maximum atomic E-state index is 12.2. The molecule has 3 rings (SSSR count). The number of thioether (sulfide) groups is 1. The van der Waals surface area contributed by atoms with E-state index < -0.39 is 0 Å². The number of piperidine rings is 1. The molecule has 2 heterocycles. The first kappa shape index (κ1) is 21.6. The van der Waals surface area contributed by atoms with Crippen LogP contribution in [0.4, 0.5) is 5.82 Å². The summed E-state index contributed by atoms with van der Waals surface area (Å²) < 4.78 is 4.97. The molecule has 1 amide bonds. The number of carbonyl (C=O) groups excluding carboxylic acids is 1. The predicted octanol–water partition coefficient (Wildman–Crippen LogP) is 3.83. The number of ether oxygens (including phenoxy) is 1. The Balaban J connectivity index is 1.65. The minimum atomic E-state index is -0.0814. The van der Waals surface area contributed by atoms with Crippen LogP contribution in [0.2, 0.25) is 0 Å². The van der Waals surface area contributed by atoms with Crippen LogP contribution in [-0.4, -0.2) is 48.7 Å². The van der Waals surface area contributed by atoms with Crippen molar-refractivity contribution in [2.75, 3.05) is 31.7 Å². The smallest absolute Gasteiger partial charge is 0.251 e. The monoisotopic (exact) mass is 414 g/mol. The van der Waals surface area contributed by atoms with Crippen molar-refractivity contribution in [3.05, 3.63) is 47.2 Å². The lowest BCUT2D eigenvalue weighted by Crippen LogP contribution is -2.38. The molecular formula is C22H30N4O2S. The van der Waals surface area contributed by atoms with Gasteiger partial charge in [-0.1, -0.05) is 23.9 Å². The normalized spacial score (nSPS) is 16.7. The van der Waals surface area contributed by atoms with Crippen molar-refractivity contribution in [1.29, 1.82) is 0 Å². The molecule has 1 saturated heterocycles. The summed E-state index contributed by atoms with van der Waals surface area (Å²) in [6.45, 7) is 6.36. The number of hydrogen-bond donors (Lipinski definition) is 1. The second-order valence-corrected chi connectivity index (χ2v) is 8.37. The molecule has 2 aromatic rings. The van der Waals surface area contributed by atoms with Gasteiger partial charge in [-0.2, -0.15) is 0 Å². The summed E-state index contributed by atoms with van der Waals surface area (Å²) >= 11 is 1.61. The molecule has 1 aliphatic rings. The van der Waals surface area contributed by atoms with Gasteiger partial charge in [0.15, 0.2) is 5.16 Å². The molecule has 1 atom stereocenters. The Morgan fingerprint density at radius 2 is 2.17 bits per heavy atom. The fourth-order valence-electron chi connectivity index (χ4n) is 3.49. The number of amides is 1. The molecule has 7 heteroatoms. The van der Waals surface area contributed by atoms with E-state index in [0.29, 0.717) is 24.8 Å². The number of anilines is 1. The van der Waals surface area contributed by atoms with Crippen LogP contribution in [0.15, 0.2) is 35.5 Å². The summed E-state index contributed by atoms with van der Waals surface area (Å²) in [5, 5.41) is 3.64. The van der Waals surface area contributed by atoms with Crippen molar-refractivity contribution in [3.63, 3.8) is 0 Å². The third kappa shape index (κ3) is 6.18.